The largest absolute Gasteiger partial charge is 0.370 e. The summed E-state index contributed by atoms with van der Waals surface area (Å²) >= 11 is 0. The molecule has 0 amide bonds. The molecule has 0 aromatic heterocycles. The molecule has 0 aliphatic heterocycles. The van der Waals surface area contributed by atoms with Gasteiger partial charge < -0.3 is 11.1 Å². The van der Waals surface area contributed by atoms with Crippen LogP contribution in [0.1, 0.15) is 24.0 Å². The monoisotopic (exact) mass is 545 g/mol. The Labute approximate surface area is 192 Å². The zero-order chi connectivity index (χ0) is 20.9. The number of aliphatic imine (C=N–C) groups is 1. The Kier molecular flexibility index (Phi) is 8.55. The molecule has 1 aliphatic rings. The molecule has 11 heteroatoms. The number of nitrogens with zero attached hydrogens (tertiary/aromatic N) is 2. The third kappa shape index (κ3) is 6.12. The maximum absolute atomic E-state index is 12.3. The molecule has 9 nitrogen and oxygen atoms in total. The molecular formula is C19H24IN5O4S. The van der Waals surface area contributed by atoms with E-state index in [0.29, 0.717) is 0 Å². The smallest absolute Gasteiger partial charge is 0.270 e. The van der Waals surface area contributed by atoms with E-state index in [-0.39, 0.29) is 53.6 Å². The van der Waals surface area contributed by atoms with E-state index in [0.717, 1.165) is 31.0 Å². The van der Waals surface area contributed by atoms with Crippen molar-refractivity contribution in [1.82, 2.24) is 4.72 Å². The number of halogens is 1. The Morgan fingerprint density at radius 2 is 1.90 bits per heavy atom. The minimum atomic E-state index is -3.87. The number of hydrogen-bond donors (Lipinski definition) is 3. The first-order valence-corrected chi connectivity index (χ1v) is 10.8. The SMILES string of the molecule is I.NC(=NCCNS(=O)(=O)c1cccc([N+](=O)[O-])c1)Nc1cccc2c1CCCC2. The number of aryl methyl sites for hydroxylation is 1. The molecule has 3 rings (SSSR count). The van der Waals surface area contributed by atoms with Crippen LogP contribution in [0, 0.1) is 10.1 Å². The van der Waals surface area contributed by atoms with E-state index in [1.165, 1.54) is 35.7 Å². The van der Waals surface area contributed by atoms with Gasteiger partial charge in [-0.3, -0.25) is 15.1 Å². The molecule has 0 radical (unpaired) electrons. The van der Waals surface area contributed by atoms with Crippen molar-refractivity contribution in [2.45, 2.75) is 30.6 Å². The van der Waals surface area contributed by atoms with E-state index in [1.807, 2.05) is 12.1 Å². The van der Waals surface area contributed by atoms with Gasteiger partial charge in [0, 0.05) is 24.4 Å². The number of hydrogen-bond acceptors (Lipinski definition) is 5. The molecule has 0 saturated heterocycles. The zero-order valence-electron chi connectivity index (χ0n) is 16.2. The lowest BCUT2D eigenvalue weighted by Gasteiger charge is -2.19. The van der Waals surface area contributed by atoms with Gasteiger partial charge in [-0.05, 0) is 48.9 Å². The summed E-state index contributed by atoms with van der Waals surface area (Å²) in [6.45, 7) is 0.141. The number of nitrogens with two attached hydrogens (primary N) is 1. The summed E-state index contributed by atoms with van der Waals surface area (Å²) in [6.07, 6.45) is 4.38. The number of anilines is 1. The molecule has 2 aromatic carbocycles. The summed E-state index contributed by atoms with van der Waals surface area (Å²) in [5.74, 6) is 0.207. The third-order valence-electron chi connectivity index (χ3n) is 4.68. The van der Waals surface area contributed by atoms with Crippen LogP contribution in [0.5, 0.6) is 0 Å². The average molecular weight is 545 g/mol. The Hall–Kier alpha value is -2.25. The van der Waals surface area contributed by atoms with Crippen LogP contribution in [0.4, 0.5) is 11.4 Å². The lowest BCUT2D eigenvalue weighted by Crippen LogP contribution is -2.29. The highest BCUT2D eigenvalue weighted by Gasteiger charge is 2.17. The number of non-ortho nitro benzene ring substituents is 1. The first-order chi connectivity index (χ1) is 13.9. The van der Waals surface area contributed by atoms with Gasteiger partial charge >= 0.3 is 0 Å². The predicted octanol–water partition coefficient (Wildman–Crippen LogP) is 2.80. The molecule has 0 unspecified atom stereocenters. The van der Waals surface area contributed by atoms with E-state index >= 15 is 0 Å². The lowest BCUT2D eigenvalue weighted by molar-refractivity contribution is -0.385. The van der Waals surface area contributed by atoms with Gasteiger partial charge in [0.25, 0.3) is 5.69 Å². The number of guanidine groups is 1. The van der Waals surface area contributed by atoms with Crippen LogP contribution in [0.2, 0.25) is 0 Å². The van der Waals surface area contributed by atoms with Crippen LogP contribution in [-0.4, -0.2) is 32.4 Å². The fraction of sp³-hybridized carbons (Fsp3) is 0.316. The number of sulfonamides is 1. The quantitative estimate of drug-likeness (QED) is 0.122. The van der Waals surface area contributed by atoms with Crippen molar-refractivity contribution >= 4 is 51.3 Å². The summed E-state index contributed by atoms with van der Waals surface area (Å²) in [6, 6.07) is 10.9. The van der Waals surface area contributed by atoms with Gasteiger partial charge in [0.05, 0.1) is 16.4 Å². The van der Waals surface area contributed by atoms with Crippen LogP contribution < -0.4 is 15.8 Å². The summed E-state index contributed by atoms with van der Waals surface area (Å²) in [5, 5.41) is 13.9. The molecule has 2 aromatic rings. The minimum absolute atomic E-state index is 0. The third-order valence-corrected chi connectivity index (χ3v) is 6.14. The highest BCUT2D eigenvalue weighted by Crippen LogP contribution is 2.27. The van der Waals surface area contributed by atoms with Gasteiger partial charge in [0.15, 0.2) is 5.96 Å². The van der Waals surface area contributed by atoms with E-state index in [2.05, 4.69) is 21.1 Å². The molecular weight excluding hydrogens is 521 g/mol. The zero-order valence-corrected chi connectivity index (χ0v) is 19.4. The van der Waals surface area contributed by atoms with E-state index < -0.39 is 14.9 Å². The molecule has 0 heterocycles. The maximum Gasteiger partial charge on any atom is 0.270 e. The molecule has 1 aliphatic carbocycles. The van der Waals surface area contributed by atoms with Crippen LogP contribution >= 0.6 is 24.0 Å². The van der Waals surface area contributed by atoms with Crippen LogP contribution in [0.15, 0.2) is 52.4 Å². The summed E-state index contributed by atoms with van der Waals surface area (Å²) in [5.41, 5.74) is 9.16. The van der Waals surface area contributed by atoms with E-state index in [1.54, 1.807) is 0 Å². The summed E-state index contributed by atoms with van der Waals surface area (Å²) in [7, 11) is -3.87. The van der Waals surface area contributed by atoms with Gasteiger partial charge in [-0.1, -0.05) is 18.2 Å². The van der Waals surface area contributed by atoms with Crippen molar-refractivity contribution < 1.29 is 13.3 Å². The topological polar surface area (TPSA) is 140 Å². The highest BCUT2D eigenvalue weighted by molar-refractivity contribution is 14.0. The van der Waals surface area contributed by atoms with Crippen molar-refractivity contribution in [3.05, 3.63) is 63.7 Å². The second-order valence-corrected chi connectivity index (χ2v) is 8.46. The maximum atomic E-state index is 12.3. The van der Waals surface area contributed by atoms with Crippen molar-refractivity contribution in [2.24, 2.45) is 10.7 Å². The van der Waals surface area contributed by atoms with Gasteiger partial charge in [-0.15, -0.1) is 24.0 Å². The van der Waals surface area contributed by atoms with E-state index in [9.17, 15) is 18.5 Å². The van der Waals surface area contributed by atoms with Crippen LogP contribution in [0.3, 0.4) is 0 Å². The van der Waals surface area contributed by atoms with Gasteiger partial charge in [-0.25, -0.2) is 13.1 Å². The lowest BCUT2D eigenvalue weighted by atomic mass is 9.90. The van der Waals surface area contributed by atoms with Crippen molar-refractivity contribution in [3.8, 4) is 0 Å². The van der Waals surface area contributed by atoms with Crippen molar-refractivity contribution in [1.29, 1.82) is 0 Å². The second-order valence-electron chi connectivity index (χ2n) is 6.69. The van der Waals surface area contributed by atoms with Crippen LogP contribution in [-0.2, 0) is 22.9 Å². The van der Waals surface area contributed by atoms with E-state index in [4.69, 9.17) is 5.73 Å². The summed E-state index contributed by atoms with van der Waals surface area (Å²) in [4.78, 5) is 14.2. The Morgan fingerprint density at radius 3 is 2.67 bits per heavy atom. The highest BCUT2D eigenvalue weighted by atomic mass is 127. The fourth-order valence-electron chi connectivity index (χ4n) is 3.28. The fourth-order valence-corrected chi connectivity index (χ4v) is 4.34. The summed E-state index contributed by atoms with van der Waals surface area (Å²) < 4.78 is 26.9. The number of benzene rings is 2. The molecule has 0 fully saturated rings. The molecule has 0 saturated carbocycles. The number of nitro groups is 1. The van der Waals surface area contributed by atoms with Crippen molar-refractivity contribution in [2.75, 3.05) is 18.4 Å². The van der Waals surface area contributed by atoms with Gasteiger partial charge in [0.1, 0.15) is 0 Å². The van der Waals surface area contributed by atoms with Crippen LogP contribution in [0.25, 0.3) is 0 Å². The van der Waals surface area contributed by atoms with Crippen molar-refractivity contribution in [3.63, 3.8) is 0 Å². The predicted molar refractivity (Wildman–Crippen MR) is 127 cm³/mol. The Morgan fingerprint density at radius 1 is 1.17 bits per heavy atom. The molecule has 0 spiro atoms. The van der Waals surface area contributed by atoms with Gasteiger partial charge in [0.2, 0.25) is 10.0 Å². The molecule has 4 N–H and O–H groups in total. The standard InChI is InChI=1S/C19H23N5O4S.HI/c20-19(23-18-10-3-6-14-5-1-2-9-17(14)18)21-11-12-22-29(27,28)16-8-4-7-15(13-16)24(25)26;/h3-4,6-8,10,13,22H,1-2,5,9,11-12H2,(H3,20,21,23);1H. The average Bonchev–Trinajstić information content (AvgIpc) is 2.71. The normalized spacial score (nSPS) is 13.8. The first-order valence-electron chi connectivity index (χ1n) is 9.28. The molecule has 0 bridgehead atoms. The minimum Gasteiger partial charge on any atom is -0.370 e. The number of fused-ring (bicyclic) bond motifs is 1. The molecule has 30 heavy (non-hydrogen) atoms. The van der Waals surface area contributed by atoms with Gasteiger partial charge in [-0.2, -0.15) is 0 Å². The number of nitro benzene ring substituents is 1. The number of rotatable bonds is 7. The second kappa shape index (κ2) is 10.7. The molecule has 162 valence electrons. The first kappa shape index (κ1) is 24.0. The molecule has 0 atom stereocenters. The number of nitrogens with one attached hydrogen (secondary N) is 2. The Balaban J connectivity index is 0.00000320. The Bertz CT molecular complexity index is 1040.